The molecule has 1 N–H and O–H groups in total. The fraction of sp³-hybridized carbons (Fsp3) is 0.368. The first-order valence-electron chi connectivity index (χ1n) is 8.33. The zero-order chi connectivity index (χ0) is 16.9. The van der Waals surface area contributed by atoms with Crippen LogP contribution in [-0.4, -0.2) is 40.3 Å². The Morgan fingerprint density at radius 1 is 1.29 bits per heavy atom. The average Bonchev–Trinajstić information content (AvgIpc) is 2.60. The number of fused-ring (bicyclic) bond motifs is 1. The molecule has 126 valence electrons. The van der Waals surface area contributed by atoms with E-state index in [2.05, 4.69) is 41.1 Å². The fourth-order valence-corrected chi connectivity index (χ4v) is 3.32. The van der Waals surface area contributed by atoms with Gasteiger partial charge in [0.15, 0.2) is 0 Å². The van der Waals surface area contributed by atoms with Gasteiger partial charge in [0, 0.05) is 44.5 Å². The lowest BCUT2D eigenvalue weighted by molar-refractivity contribution is -0.119. The molecule has 24 heavy (non-hydrogen) atoms. The van der Waals surface area contributed by atoms with E-state index in [-0.39, 0.29) is 11.6 Å². The minimum Gasteiger partial charge on any atom is -0.339 e. The summed E-state index contributed by atoms with van der Waals surface area (Å²) < 4.78 is 0. The Labute approximate surface area is 141 Å². The molecule has 2 heterocycles. The number of amides is 1. The summed E-state index contributed by atoms with van der Waals surface area (Å²) in [6.07, 6.45) is 3.54. The Hall–Kier alpha value is -2.40. The SMILES string of the molecule is CC(CN(C=O)Cc1cc[nH]c(=O)c1)N1CCc2ccccc2C1. The fourth-order valence-electron chi connectivity index (χ4n) is 3.32. The van der Waals surface area contributed by atoms with Crippen LogP contribution in [0, 0.1) is 0 Å². The summed E-state index contributed by atoms with van der Waals surface area (Å²) in [4.78, 5) is 29.6. The summed E-state index contributed by atoms with van der Waals surface area (Å²) in [7, 11) is 0. The van der Waals surface area contributed by atoms with Crippen molar-refractivity contribution in [1.82, 2.24) is 14.8 Å². The maximum Gasteiger partial charge on any atom is 0.248 e. The average molecular weight is 325 g/mol. The molecule has 2 aromatic rings. The molecule has 0 radical (unpaired) electrons. The van der Waals surface area contributed by atoms with Crippen molar-refractivity contribution in [3.05, 3.63) is 69.6 Å². The van der Waals surface area contributed by atoms with Gasteiger partial charge >= 0.3 is 0 Å². The standard InChI is InChI=1S/C19H23N3O2/c1-15(22-9-7-17-4-2-3-5-18(17)13-22)11-21(14-23)12-16-6-8-20-19(24)10-16/h2-6,8,10,14-15H,7,9,11-13H2,1H3,(H,20,24). The van der Waals surface area contributed by atoms with E-state index in [4.69, 9.17) is 0 Å². The highest BCUT2D eigenvalue weighted by atomic mass is 16.1. The summed E-state index contributed by atoms with van der Waals surface area (Å²) >= 11 is 0. The molecule has 5 heteroatoms. The van der Waals surface area contributed by atoms with Gasteiger partial charge in [-0.3, -0.25) is 14.5 Å². The van der Waals surface area contributed by atoms with Crippen molar-refractivity contribution in [2.24, 2.45) is 0 Å². The molecular formula is C19H23N3O2. The Morgan fingerprint density at radius 2 is 2.08 bits per heavy atom. The summed E-state index contributed by atoms with van der Waals surface area (Å²) in [5, 5.41) is 0. The molecule has 1 aromatic heterocycles. The van der Waals surface area contributed by atoms with E-state index in [1.807, 2.05) is 6.07 Å². The lowest BCUT2D eigenvalue weighted by Gasteiger charge is -2.35. The first-order valence-corrected chi connectivity index (χ1v) is 8.33. The van der Waals surface area contributed by atoms with Crippen LogP contribution < -0.4 is 5.56 Å². The largest absolute Gasteiger partial charge is 0.339 e. The zero-order valence-corrected chi connectivity index (χ0v) is 13.9. The molecule has 1 aliphatic heterocycles. The third-order valence-corrected chi connectivity index (χ3v) is 4.66. The number of rotatable bonds is 6. The number of H-pyrrole nitrogens is 1. The van der Waals surface area contributed by atoms with E-state index in [0.717, 1.165) is 31.5 Å². The number of nitrogens with zero attached hydrogens (tertiary/aromatic N) is 2. The second-order valence-corrected chi connectivity index (χ2v) is 6.43. The van der Waals surface area contributed by atoms with Gasteiger partial charge in [0.2, 0.25) is 12.0 Å². The molecule has 0 spiro atoms. The van der Waals surface area contributed by atoms with Crippen LogP contribution in [0.2, 0.25) is 0 Å². The van der Waals surface area contributed by atoms with E-state index in [9.17, 15) is 9.59 Å². The third kappa shape index (κ3) is 3.92. The number of aromatic nitrogens is 1. The van der Waals surface area contributed by atoms with Gasteiger partial charge in [-0.1, -0.05) is 24.3 Å². The summed E-state index contributed by atoms with van der Waals surface area (Å²) in [6.45, 7) is 5.20. The Morgan fingerprint density at radius 3 is 2.83 bits per heavy atom. The van der Waals surface area contributed by atoms with Crippen molar-refractivity contribution in [2.75, 3.05) is 13.1 Å². The highest BCUT2D eigenvalue weighted by Crippen LogP contribution is 2.20. The number of hydrogen-bond acceptors (Lipinski definition) is 3. The normalized spacial score (nSPS) is 15.5. The number of benzene rings is 1. The van der Waals surface area contributed by atoms with Crippen molar-refractivity contribution < 1.29 is 4.79 Å². The summed E-state index contributed by atoms with van der Waals surface area (Å²) in [5.41, 5.74) is 3.51. The minimum absolute atomic E-state index is 0.140. The van der Waals surface area contributed by atoms with Gasteiger partial charge in [-0.2, -0.15) is 0 Å². The predicted octanol–water partition coefficient (Wildman–Crippen LogP) is 1.78. The second-order valence-electron chi connectivity index (χ2n) is 6.43. The van der Waals surface area contributed by atoms with Crippen LogP contribution >= 0.6 is 0 Å². The first kappa shape index (κ1) is 16.5. The lowest BCUT2D eigenvalue weighted by Crippen LogP contribution is -2.44. The highest BCUT2D eigenvalue weighted by Gasteiger charge is 2.21. The Balaban J connectivity index is 1.62. The molecule has 1 aliphatic rings. The van der Waals surface area contributed by atoms with Gasteiger partial charge in [-0.25, -0.2) is 0 Å². The molecule has 5 nitrogen and oxygen atoms in total. The quantitative estimate of drug-likeness (QED) is 0.824. The van der Waals surface area contributed by atoms with Crippen molar-refractivity contribution in [3.63, 3.8) is 0 Å². The van der Waals surface area contributed by atoms with Gasteiger partial charge in [0.05, 0.1) is 0 Å². The molecule has 0 fully saturated rings. The first-order chi connectivity index (χ1) is 11.7. The van der Waals surface area contributed by atoms with Gasteiger partial charge in [-0.15, -0.1) is 0 Å². The van der Waals surface area contributed by atoms with Gasteiger partial charge in [-0.05, 0) is 36.1 Å². The monoisotopic (exact) mass is 325 g/mol. The Bertz CT molecular complexity index is 756. The summed E-state index contributed by atoms with van der Waals surface area (Å²) in [5.74, 6) is 0. The topological polar surface area (TPSA) is 56.4 Å². The van der Waals surface area contributed by atoms with Crippen LogP contribution in [0.4, 0.5) is 0 Å². The molecule has 1 amide bonds. The van der Waals surface area contributed by atoms with Crippen LogP contribution in [0.5, 0.6) is 0 Å². The van der Waals surface area contributed by atoms with Crippen LogP contribution in [0.25, 0.3) is 0 Å². The smallest absolute Gasteiger partial charge is 0.248 e. The molecule has 0 saturated heterocycles. The van der Waals surface area contributed by atoms with Crippen LogP contribution in [0.1, 0.15) is 23.6 Å². The van der Waals surface area contributed by atoms with E-state index < -0.39 is 0 Å². The van der Waals surface area contributed by atoms with E-state index >= 15 is 0 Å². The minimum atomic E-state index is -0.140. The molecule has 1 aromatic carbocycles. The van der Waals surface area contributed by atoms with Crippen molar-refractivity contribution >= 4 is 6.41 Å². The molecule has 1 atom stereocenters. The van der Waals surface area contributed by atoms with Crippen LogP contribution in [0.15, 0.2) is 47.4 Å². The van der Waals surface area contributed by atoms with Gasteiger partial charge < -0.3 is 9.88 Å². The molecule has 0 bridgehead atoms. The number of pyridine rings is 1. The maximum absolute atomic E-state index is 11.4. The van der Waals surface area contributed by atoms with Crippen LogP contribution in [-0.2, 0) is 24.3 Å². The zero-order valence-electron chi connectivity index (χ0n) is 13.9. The van der Waals surface area contributed by atoms with Crippen molar-refractivity contribution in [3.8, 4) is 0 Å². The summed E-state index contributed by atoms with van der Waals surface area (Å²) in [6, 6.07) is 12.2. The third-order valence-electron chi connectivity index (χ3n) is 4.66. The van der Waals surface area contributed by atoms with E-state index in [1.54, 1.807) is 11.1 Å². The van der Waals surface area contributed by atoms with Gasteiger partial charge in [0.1, 0.15) is 0 Å². The number of carbonyl (C=O) groups excluding carboxylic acids is 1. The molecular weight excluding hydrogens is 302 g/mol. The lowest BCUT2D eigenvalue weighted by atomic mass is 9.99. The maximum atomic E-state index is 11.4. The number of carbonyl (C=O) groups is 1. The Kier molecular flexibility index (Phi) is 5.11. The van der Waals surface area contributed by atoms with Gasteiger partial charge in [0.25, 0.3) is 0 Å². The molecule has 3 rings (SSSR count). The molecule has 0 saturated carbocycles. The number of aromatic amines is 1. The number of nitrogens with one attached hydrogen (secondary N) is 1. The van der Waals surface area contributed by atoms with E-state index in [1.165, 1.54) is 17.2 Å². The van der Waals surface area contributed by atoms with Crippen LogP contribution in [0.3, 0.4) is 0 Å². The van der Waals surface area contributed by atoms with Crippen molar-refractivity contribution in [1.29, 1.82) is 0 Å². The highest BCUT2D eigenvalue weighted by molar-refractivity contribution is 5.47. The number of hydrogen-bond donors (Lipinski definition) is 1. The molecule has 1 unspecified atom stereocenters. The predicted molar refractivity (Wildman–Crippen MR) is 93.6 cm³/mol. The molecule has 0 aliphatic carbocycles. The second kappa shape index (κ2) is 7.45. The van der Waals surface area contributed by atoms with Crippen molar-refractivity contribution in [2.45, 2.75) is 32.5 Å². The van der Waals surface area contributed by atoms with E-state index in [0.29, 0.717) is 13.1 Å².